The van der Waals surface area contributed by atoms with E-state index in [-0.39, 0.29) is 0 Å². The van der Waals surface area contributed by atoms with Crippen molar-refractivity contribution >= 4 is 28.7 Å². The summed E-state index contributed by atoms with van der Waals surface area (Å²) >= 11 is -4.34. The first-order chi connectivity index (χ1) is 22.8. The molecule has 6 aromatic carbocycles. The SMILES string of the molecule is C1=C[CH]([Ti]([CH2]c2ccccc2)([CH2]c2ccccc2)([CH]2C=Cc3ccccc32)=[Si](c2ccccc2)c2ccccc2)c2ccccc21. The zero-order valence-corrected chi connectivity index (χ0v) is 28.6. The molecule has 0 nitrogen and oxygen atoms in total. The second-order valence-corrected chi connectivity index (χ2v) is 31.7. The summed E-state index contributed by atoms with van der Waals surface area (Å²) in [6.07, 6.45) is 8.83. The van der Waals surface area contributed by atoms with E-state index in [4.69, 9.17) is 0 Å². The Labute approximate surface area is 274 Å². The van der Waals surface area contributed by atoms with Crippen LogP contribution in [0.4, 0.5) is 0 Å². The minimum atomic E-state index is -4.34. The second-order valence-electron chi connectivity index (χ2n) is 13.2. The zero-order valence-electron chi connectivity index (χ0n) is 26.0. The van der Waals surface area contributed by atoms with Crippen LogP contribution >= 0.6 is 0 Å². The average Bonchev–Trinajstić information content (AvgIpc) is 3.77. The Balaban J connectivity index is 1.67. The molecule has 0 fully saturated rings. The first-order valence-corrected chi connectivity index (χ1v) is 24.4. The van der Waals surface area contributed by atoms with Crippen molar-refractivity contribution in [3.8, 4) is 0 Å². The third-order valence-corrected chi connectivity index (χ3v) is 37.0. The Hall–Kier alpha value is -4.27. The number of benzene rings is 6. The summed E-state index contributed by atoms with van der Waals surface area (Å²) in [5.41, 5.74) is 8.78. The molecule has 0 amide bonds. The van der Waals surface area contributed by atoms with Gasteiger partial charge in [0.2, 0.25) is 0 Å². The van der Waals surface area contributed by atoms with Crippen molar-refractivity contribution in [2.24, 2.45) is 0 Å². The summed E-state index contributed by atoms with van der Waals surface area (Å²) < 4.78 is 2.95. The van der Waals surface area contributed by atoms with Gasteiger partial charge >= 0.3 is 276 Å². The molecule has 0 bridgehead atoms. The molecule has 2 unspecified atom stereocenters. The molecule has 2 aliphatic carbocycles. The van der Waals surface area contributed by atoms with E-state index >= 15 is 0 Å². The molecule has 0 aromatic heterocycles. The number of hydrogen-bond acceptors (Lipinski definition) is 0. The van der Waals surface area contributed by atoms with Gasteiger partial charge in [-0.15, -0.1) is 0 Å². The molecule has 46 heavy (non-hydrogen) atoms. The molecule has 6 aromatic rings. The molecule has 8 rings (SSSR count). The van der Waals surface area contributed by atoms with E-state index in [9.17, 15) is 0 Å². The number of rotatable bonds is 8. The van der Waals surface area contributed by atoms with Crippen molar-refractivity contribution in [1.29, 1.82) is 0 Å². The van der Waals surface area contributed by atoms with E-state index in [0.29, 0.717) is 8.45 Å². The summed E-state index contributed by atoms with van der Waals surface area (Å²) in [4.78, 5) is 0. The van der Waals surface area contributed by atoms with Gasteiger partial charge in [-0.25, -0.2) is 0 Å². The number of fused-ring (bicyclic) bond motifs is 2. The minimum absolute atomic E-state index is 0.351. The second kappa shape index (κ2) is 12.2. The summed E-state index contributed by atoms with van der Waals surface area (Å²) in [6, 6.07) is 65.0. The summed E-state index contributed by atoms with van der Waals surface area (Å²) in [6.45, 7) is 0. The monoisotopic (exact) mass is 642 g/mol. The molecule has 2 atom stereocenters. The van der Waals surface area contributed by atoms with Gasteiger partial charge < -0.3 is 0 Å². The van der Waals surface area contributed by atoms with Crippen LogP contribution in [-0.2, 0) is 23.5 Å². The van der Waals surface area contributed by atoms with Crippen molar-refractivity contribution in [3.05, 3.63) is 215 Å². The fourth-order valence-electron chi connectivity index (χ4n) is 9.21. The van der Waals surface area contributed by atoms with Crippen LogP contribution in [0.3, 0.4) is 0 Å². The third-order valence-electron chi connectivity index (χ3n) is 10.8. The predicted molar refractivity (Wildman–Crippen MR) is 195 cm³/mol. The fourth-order valence-corrected chi connectivity index (χ4v) is 40.9. The first-order valence-electron chi connectivity index (χ1n) is 16.5. The molecule has 0 radical (unpaired) electrons. The van der Waals surface area contributed by atoms with Crippen LogP contribution in [0, 0.1) is 0 Å². The molecule has 0 spiro atoms. The quantitative estimate of drug-likeness (QED) is 0.145. The Kier molecular flexibility index (Phi) is 7.70. The van der Waals surface area contributed by atoms with Gasteiger partial charge in [-0.05, 0) is 0 Å². The molecule has 2 heteroatoms. The maximum absolute atomic E-state index is 4.34. The summed E-state index contributed by atoms with van der Waals surface area (Å²) in [7, 11) is 0. The zero-order chi connectivity index (χ0) is 30.8. The van der Waals surface area contributed by atoms with E-state index in [0.717, 1.165) is 9.45 Å². The summed E-state index contributed by atoms with van der Waals surface area (Å²) in [5, 5.41) is 3.08. The normalized spacial score (nSPS) is 16.6. The van der Waals surface area contributed by atoms with Gasteiger partial charge in [0.15, 0.2) is 0 Å². The van der Waals surface area contributed by atoms with Gasteiger partial charge in [-0.2, -0.15) is 0 Å². The van der Waals surface area contributed by atoms with E-state index in [1.165, 1.54) is 43.8 Å². The van der Waals surface area contributed by atoms with Crippen LogP contribution in [0.15, 0.2) is 182 Å². The van der Waals surface area contributed by atoms with Crippen LogP contribution < -0.4 is 10.4 Å². The van der Waals surface area contributed by atoms with Gasteiger partial charge in [0.05, 0.1) is 0 Å². The molecule has 0 saturated heterocycles. The molecule has 2 aliphatic rings. The molecule has 222 valence electrons. The Morgan fingerprint density at radius 3 is 1.15 bits per heavy atom. The maximum atomic E-state index is 2.67. The van der Waals surface area contributed by atoms with Crippen LogP contribution in [-0.4, -0.2) is 6.19 Å². The Bertz CT molecular complexity index is 1970. The van der Waals surface area contributed by atoms with Crippen LogP contribution in [0.1, 0.15) is 41.8 Å². The molecule has 0 heterocycles. The van der Waals surface area contributed by atoms with Crippen molar-refractivity contribution in [1.82, 2.24) is 0 Å². The Morgan fingerprint density at radius 2 is 0.739 bits per heavy atom. The van der Waals surface area contributed by atoms with Crippen molar-refractivity contribution < 1.29 is 14.0 Å². The van der Waals surface area contributed by atoms with Gasteiger partial charge in [0.25, 0.3) is 0 Å². The molecular weight excluding hydrogens is 604 g/mol. The van der Waals surface area contributed by atoms with Crippen molar-refractivity contribution in [3.63, 3.8) is 0 Å². The fraction of sp³-hybridized carbons (Fsp3) is 0.0909. The first kappa shape index (κ1) is 29.2. The van der Waals surface area contributed by atoms with E-state index in [1.54, 1.807) is 0 Å². The predicted octanol–water partition coefficient (Wildman–Crippen LogP) is 9.42. The molecular formula is C44H38SiTi. The van der Waals surface area contributed by atoms with Crippen LogP contribution in [0.25, 0.3) is 12.2 Å². The Morgan fingerprint density at radius 1 is 0.391 bits per heavy atom. The van der Waals surface area contributed by atoms with Crippen LogP contribution in [0.5, 0.6) is 0 Å². The van der Waals surface area contributed by atoms with Crippen LogP contribution in [0.2, 0.25) is 0 Å². The van der Waals surface area contributed by atoms with Gasteiger partial charge in [0.1, 0.15) is 0 Å². The van der Waals surface area contributed by atoms with E-state index < -0.39 is 20.2 Å². The molecule has 0 aliphatic heterocycles. The summed E-state index contributed by atoms with van der Waals surface area (Å²) in [5.74, 6) is 0. The van der Waals surface area contributed by atoms with Gasteiger partial charge in [-0.3, -0.25) is 0 Å². The van der Waals surface area contributed by atoms with Gasteiger partial charge in [0, 0.05) is 0 Å². The number of hydrogen-bond donors (Lipinski definition) is 0. The van der Waals surface area contributed by atoms with Crippen molar-refractivity contribution in [2.75, 3.05) is 0 Å². The van der Waals surface area contributed by atoms with E-state index in [1.807, 2.05) is 0 Å². The van der Waals surface area contributed by atoms with Gasteiger partial charge in [-0.1, -0.05) is 0 Å². The number of allylic oxidation sites excluding steroid dienone is 2. The average molecular weight is 643 g/mol. The van der Waals surface area contributed by atoms with E-state index in [2.05, 4.69) is 194 Å². The van der Waals surface area contributed by atoms with Crippen molar-refractivity contribution in [2.45, 2.75) is 17.9 Å². The molecule has 0 saturated carbocycles. The standard InChI is InChI=1S/C12H10Si.2C9H7.2C7H7.Ti/c1-3-7-11(8-4-1)13-12-9-5-2-6-10-12;2*1-2-5-9-7-3-6-8(9)4-1;2*1-7-5-3-2-4-6-7;/h1-10H;2*1-7H;2*2-6H,1H2;. The topological polar surface area (TPSA) is 0 Å². The molecule has 0 N–H and O–H groups in total. The third kappa shape index (κ3) is 4.77.